The molecule has 25 heavy (non-hydrogen) atoms. The maximum absolute atomic E-state index is 12.2. The Morgan fingerprint density at radius 2 is 1.76 bits per heavy atom. The molecule has 2 aliphatic rings. The van der Waals surface area contributed by atoms with Crippen molar-refractivity contribution in [1.82, 2.24) is 19.4 Å². The van der Waals surface area contributed by atoms with Gasteiger partial charge in [0.25, 0.3) is 0 Å². The Hall–Kier alpha value is -0.990. The van der Waals surface area contributed by atoms with E-state index in [2.05, 4.69) is 15.1 Å². The predicted octanol–water partition coefficient (Wildman–Crippen LogP) is 2.05. The topological polar surface area (TPSA) is 79.5 Å². The first-order valence-electron chi connectivity index (χ1n) is 9.48. The minimum Gasteiger partial charge on any atom is -0.424 e. The first-order valence-corrected chi connectivity index (χ1v) is 11.3. The van der Waals surface area contributed by atoms with Crippen molar-refractivity contribution in [2.75, 3.05) is 25.9 Å². The molecule has 0 spiro atoms. The zero-order valence-corrected chi connectivity index (χ0v) is 16.2. The molecule has 8 heteroatoms. The minimum atomic E-state index is -3.12. The number of aryl methyl sites for hydroxylation is 1. The second kappa shape index (κ2) is 8.14. The third-order valence-corrected chi connectivity index (χ3v) is 6.83. The predicted molar refractivity (Wildman–Crippen MR) is 95.5 cm³/mol. The quantitative estimate of drug-likeness (QED) is 0.789. The van der Waals surface area contributed by atoms with Gasteiger partial charge in [0, 0.05) is 19.0 Å². The fourth-order valence-corrected chi connectivity index (χ4v) is 5.40. The van der Waals surface area contributed by atoms with Crippen molar-refractivity contribution in [3.05, 3.63) is 11.8 Å². The minimum absolute atomic E-state index is 0.176. The van der Waals surface area contributed by atoms with Gasteiger partial charge in [0.15, 0.2) is 0 Å². The molecule has 0 saturated carbocycles. The molecule has 0 radical (unpaired) electrons. The maximum atomic E-state index is 12.2. The molecule has 142 valence electrons. The number of nitrogens with zero attached hydrogens (tertiary/aromatic N) is 4. The van der Waals surface area contributed by atoms with Gasteiger partial charge in [-0.1, -0.05) is 19.8 Å². The highest BCUT2D eigenvalue weighted by atomic mass is 32.2. The first kappa shape index (κ1) is 18.8. The highest BCUT2D eigenvalue weighted by Gasteiger charge is 2.35. The van der Waals surface area contributed by atoms with E-state index < -0.39 is 10.0 Å². The number of sulfonamides is 1. The van der Waals surface area contributed by atoms with Crippen LogP contribution in [0.3, 0.4) is 0 Å². The number of hydrogen-bond donors (Lipinski definition) is 0. The van der Waals surface area contributed by atoms with Crippen molar-refractivity contribution >= 4 is 10.0 Å². The monoisotopic (exact) mass is 370 g/mol. The standard InChI is InChI=1S/C17H30N4O3S/c1-3-16-18-19-17(24-16)13-20-11-8-14(9-12-20)15-7-5-4-6-10-21(15)25(2,22)23/h14-15H,3-13H2,1-2H3. The Kier molecular flexibility index (Phi) is 6.12. The fourth-order valence-electron chi connectivity index (χ4n) is 4.17. The average Bonchev–Trinajstić information content (AvgIpc) is 2.88. The van der Waals surface area contributed by atoms with Crippen LogP contribution in [-0.2, 0) is 23.0 Å². The molecule has 2 fully saturated rings. The molecule has 0 aliphatic carbocycles. The molecule has 0 bridgehead atoms. The summed E-state index contributed by atoms with van der Waals surface area (Å²) in [5.41, 5.74) is 0. The number of aromatic nitrogens is 2. The van der Waals surface area contributed by atoms with E-state index in [9.17, 15) is 8.42 Å². The van der Waals surface area contributed by atoms with Crippen LogP contribution in [0, 0.1) is 5.92 Å². The van der Waals surface area contributed by atoms with E-state index in [1.54, 1.807) is 4.31 Å². The molecule has 3 heterocycles. The van der Waals surface area contributed by atoms with E-state index in [0.717, 1.165) is 58.0 Å². The van der Waals surface area contributed by atoms with Crippen molar-refractivity contribution in [2.45, 2.75) is 64.5 Å². The Morgan fingerprint density at radius 3 is 2.40 bits per heavy atom. The second-order valence-electron chi connectivity index (χ2n) is 7.35. The van der Waals surface area contributed by atoms with Crippen LogP contribution in [0.2, 0.25) is 0 Å². The van der Waals surface area contributed by atoms with Crippen LogP contribution in [0.4, 0.5) is 0 Å². The van der Waals surface area contributed by atoms with Crippen molar-refractivity contribution < 1.29 is 12.8 Å². The lowest BCUT2D eigenvalue weighted by molar-refractivity contribution is 0.117. The van der Waals surface area contributed by atoms with Gasteiger partial charge in [0.05, 0.1) is 12.8 Å². The van der Waals surface area contributed by atoms with Gasteiger partial charge >= 0.3 is 0 Å². The molecule has 1 aromatic heterocycles. The molecule has 1 aromatic rings. The smallest absolute Gasteiger partial charge is 0.230 e. The first-order chi connectivity index (χ1) is 12.0. The molecule has 1 unspecified atom stereocenters. The van der Waals surface area contributed by atoms with Crippen LogP contribution in [0.25, 0.3) is 0 Å². The Morgan fingerprint density at radius 1 is 1.04 bits per heavy atom. The molecular formula is C17H30N4O3S. The van der Waals surface area contributed by atoms with Crippen LogP contribution in [-0.4, -0.2) is 59.8 Å². The normalized spacial score (nSPS) is 25.1. The van der Waals surface area contributed by atoms with E-state index in [0.29, 0.717) is 30.8 Å². The van der Waals surface area contributed by atoms with Gasteiger partial charge in [-0.05, 0) is 44.7 Å². The summed E-state index contributed by atoms with van der Waals surface area (Å²) < 4.78 is 31.8. The van der Waals surface area contributed by atoms with Gasteiger partial charge in [-0.25, -0.2) is 8.42 Å². The second-order valence-corrected chi connectivity index (χ2v) is 9.28. The lowest BCUT2D eigenvalue weighted by Gasteiger charge is -2.39. The molecular weight excluding hydrogens is 340 g/mol. The SMILES string of the molecule is CCc1nnc(CN2CCC(C3CCCCCN3S(C)(=O)=O)CC2)o1. The summed E-state index contributed by atoms with van der Waals surface area (Å²) in [6, 6.07) is 0.176. The summed E-state index contributed by atoms with van der Waals surface area (Å²) in [6.07, 6.45) is 8.45. The van der Waals surface area contributed by atoms with Crippen molar-refractivity contribution in [1.29, 1.82) is 0 Å². The lowest BCUT2D eigenvalue weighted by Crippen LogP contribution is -2.47. The summed E-state index contributed by atoms with van der Waals surface area (Å²) in [5, 5.41) is 8.12. The summed E-state index contributed by atoms with van der Waals surface area (Å²) in [4.78, 5) is 2.34. The number of rotatable bonds is 5. The number of likely N-dealkylation sites (tertiary alicyclic amines) is 1. The zero-order valence-electron chi connectivity index (χ0n) is 15.4. The lowest BCUT2D eigenvalue weighted by atomic mass is 9.87. The maximum Gasteiger partial charge on any atom is 0.230 e. The largest absolute Gasteiger partial charge is 0.424 e. The van der Waals surface area contributed by atoms with Crippen molar-refractivity contribution in [2.24, 2.45) is 5.92 Å². The van der Waals surface area contributed by atoms with Gasteiger partial charge < -0.3 is 4.42 Å². The average molecular weight is 371 g/mol. The van der Waals surface area contributed by atoms with Crippen LogP contribution in [0.1, 0.15) is 57.2 Å². The van der Waals surface area contributed by atoms with E-state index >= 15 is 0 Å². The van der Waals surface area contributed by atoms with Crippen LogP contribution >= 0.6 is 0 Å². The van der Waals surface area contributed by atoms with Gasteiger partial charge in [0.2, 0.25) is 21.8 Å². The third-order valence-electron chi connectivity index (χ3n) is 5.52. The van der Waals surface area contributed by atoms with Gasteiger partial charge in [-0.3, -0.25) is 4.90 Å². The Balaban J connectivity index is 1.58. The van der Waals surface area contributed by atoms with E-state index in [4.69, 9.17) is 4.42 Å². The summed E-state index contributed by atoms with van der Waals surface area (Å²) >= 11 is 0. The third kappa shape index (κ3) is 4.80. The van der Waals surface area contributed by atoms with Crippen molar-refractivity contribution in [3.63, 3.8) is 0 Å². The molecule has 7 nitrogen and oxygen atoms in total. The van der Waals surface area contributed by atoms with Crippen LogP contribution < -0.4 is 0 Å². The number of piperidine rings is 1. The van der Waals surface area contributed by atoms with Crippen molar-refractivity contribution in [3.8, 4) is 0 Å². The molecule has 0 aromatic carbocycles. The van der Waals surface area contributed by atoms with Gasteiger partial charge in [-0.15, -0.1) is 10.2 Å². The number of hydrogen-bond acceptors (Lipinski definition) is 6. The van der Waals surface area contributed by atoms with Crippen LogP contribution in [0.15, 0.2) is 4.42 Å². The Labute approximate surface area is 150 Å². The molecule has 3 rings (SSSR count). The molecule has 0 N–H and O–H groups in total. The molecule has 2 saturated heterocycles. The van der Waals surface area contributed by atoms with E-state index in [-0.39, 0.29) is 6.04 Å². The Bertz CT molecular complexity index is 653. The highest BCUT2D eigenvalue weighted by molar-refractivity contribution is 7.88. The van der Waals surface area contributed by atoms with E-state index in [1.807, 2.05) is 6.92 Å². The molecule has 1 atom stereocenters. The van der Waals surface area contributed by atoms with Crippen LogP contribution in [0.5, 0.6) is 0 Å². The molecule has 0 amide bonds. The fraction of sp³-hybridized carbons (Fsp3) is 0.882. The van der Waals surface area contributed by atoms with E-state index in [1.165, 1.54) is 6.26 Å². The summed E-state index contributed by atoms with van der Waals surface area (Å²) in [7, 11) is -3.12. The van der Waals surface area contributed by atoms with Gasteiger partial charge in [-0.2, -0.15) is 4.31 Å². The van der Waals surface area contributed by atoms with Gasteiger partial charge in [0.1, 0.15) is 0 Å². The summed E-state index contributed by atoms with van der Waals surface area (Å²) in [6.45, 7) is 5.31. The zero-order chi connectivity index (χ0) is 17.9. The highest BCUT2D eigenvalue weighted by Crippen LogP contribution is 2.31. The summed E-state index contributed by atoms with van der Waals surface area (Å²) in [5.74, 6) is 1.83. The molecule has 2 aliphatic heterocycles.